The number of hydrogen-bond acceptors (Lipinski definition) is 4. The first kappa shape index (κ1) is 15.2. The molecular weight excluding hydrogens is 298 g/mol. The molecule has 1 fully saturated rings. The van der Waals surface area contributed by atoms with E-state index < -0.39 is 0 Å². The third-order valence-corrected chi connectivity index (χ3v) is 5.16. The van der Waals surface area contributed by atoms with Gasteiger partial charge in [-0.25, -0.2) is 0 Å². The fraction of sp³-hybridized carbons (Fsp3) is 0.500. The number of hydrogen-bond donors (Lipinski definition) is 1. The summed E-state index contributed by atoms with van der Waals surface area (Å²) in [6.45, 7) is 0.596. The number of nitrogens with zero attached hydrogens (tertiary/aromatic N) is 3. The van der Waals surface area contributed by atoms with E-state index in [0.29, 0.717) is 12.1 Å². The van der Waals surface area contributed by atoms with Gasteiger partial charge < -0.3 is 10.0 Å². The molecule has 6 heteroatoms. The van der Waals surface area contributed by atoms with Crippen molar-refractivity contribution in [3.63, 3.8) is 0 Å². The third-order valence-electron chi connectivity index (χ3n) is 4.29. The molecule has 0 radical (unpaired) electrons. The molecule has 1 saturated carbocycles. The van der Waals surface area contributed by atoms with Crippen LogP contribution in [0.1, 0.15) is 29.6 Å². The van der Waals surface area contributed by atoms with E-state index in [9.17, 15) is 9.90 Å². The lowest BCUT2D eigenvalue weighted by Crippen LogP contribution is -2.34. The lowest BCUT2D eigenvalue weighted by molar-refractivity contribution is 0.0694. The smallest absolute Gasteiger partial charge is 0.257 e. The molecule has 5 nitrogen and oxygen atoms in total. The van der Waals surface area contributed by atoms with Gasteiger partial charge in [-0.1, -0.05) is 12.5 Å². The van der Waals surface area contributed by atoms with Crippen molar-refractivity contribution in [1.29, 1.82) is 0 Å². The van der Waals surface area contributed by atoms with Crippen LogP contribution >= 0.6 is 11.3 Å². The normalized spacial score (nSPS) is 21.2. The second kappa shape index (κ2) is 6.22. The number of amides is 1. The second-order valence-corrected chi connectivity index (χ2v) is 6.93. The van der Waals surface area contributed by atoms with E-state index in [4.69, 9.17) is 0 Å². The fourth-order valence-electron chi connectivity index (χ4n) is 3.11. The van der Waals surface area contributed by atoms with E-state index in [1.807, 2.05) is 24.6 Å². The molecule has 1 aliphatic carbocycles. The maximum Gasteiger partial charge on any atom is 0.257 e. The largest absolute Gasteiger partial charge is 0.393 e. The van der Waals surface area contributed by atoms with Gasteiger partial charge in [0.2, 0.25) is 0 Å². The molecule has 0 saturated heterocycles. The highest BCUT2D eigenvalue weighted by Gasteiger charge is 2.29. The van der Waals surface area contributed by atoms with Crippen LogP contribution in [0.4, 0.5) is 0 Å². The lowest BCUT2D eigenvalue weighted by Gasteiger charge is -2.23. The highest BCUT2D eigenvalue weighted by Crippen LogP contribution is 2.29. The summed E-state index contributed by atoms with van der Waals surface area (Å²) in [5, 5.41) is 16.4. The minimum atomic E-state index is -0.277. The van der Waals surface area contributed by atoms with Crippen molar-refractivity contribution in [2.75, 3.05) is 13.6 Å². The molecule has 2 heterocycles. The van der Waals surface area contributed by atoms with Crippen LogP contribution in [0.15, 0.2) is 23.7 Å². The first-order valence-electron chi connectivity index (χ1n) is 7.57. The molecule has 3 rings (SSSR count). The number of carbonyl (C=O) groups is 1. The molecule has 0 spiro atoms. The monoisotopic (exact) mass is 319 g/mol. The number of aromatic nitrogens is 2. The quantitative estimate of drug-likeness (QED) is 0.941. The van der Waals surface area contributed by atoms with Crippen molar-refractivity contribution in [2.45, 2.75) is 25.4 Å². The summed E-state index contributed by atoms with van der Waals surface area (Å²) < 4.78 is 1.68. The third kappa shape index (κ3) is 2.94. The van der Waals surface area contributed by atoms with Gasteiger partial charge in [0.15, 0.2) is 0 Å². The van der Waals surface area contributed by atoms with Gasteiger partial charge >= 0.3 is 0 Å². The summed E-state index contributed by atoms with van der Waals surface area (Å²) in [5.74, 6) is 0.159. The molecule has 2 atom stereocenters. The minimum Gasteiger partial charge on any atom is -0.393 e. The molecule has 2 unspecified atom stereocenters. The van der Waals surface area contributed by atoms with Crippen molar-refractivity contribution < 1.29 is 9.90 Å². The predicted molar refractivity (Wildman–Crippen MR) is 86.8 cm³/mol. The number of carbonyl (C=O) groups excluding carboxylic acids is 1. The van der Waals surface area contributed by atoms with Gasteiger partial charge in [0.25, 0.3) is 5.91 Å². The molecule has 2 aromatic rings. The van der Waals surface area contributed by atoms with Gasteiger partial charge in [0.05, 0.1) is 16.5 Å². The van der Waals surface area contributed by atoms with Crippen LogP contribution in [0.2, 0.25) is 0 Å². The molecule has 2 aromatic heterocycles. The van der Waals surface area contributed by atoms with Crippen LogP contribution in [0.3, 0.4) is 0 Å². The van der Waals surface area contributed by atoms with Gasteiger partial charge in [-0.3, -0.25) is 9.48 Å². The molecule has 1 N–H and O–H groups in total. The molecule has 0 aromatic carbocycles. The average Bonchev–Trinajstić information content (AvgIpc) is 3.20. The number of thiophene rings is 1. The Morgan fingerprint density at radius 3 is 3.00 bits per heavy atom. The van der Waals surface area contributed by atoms with Crippen molar-refractivity contribution in [3.8, 4) is 10.6 Å². The summed E-state index contributed by atoms with van der Waals surface area (Å²) in [6.07, 6.45) is 4.38. The fourth-order valence-corrected chi connectivity index (χ4v) is 3.83. The van der Waals surface area contributed by atoms with Crippen LogP contribution in [0, 0.1) is 5.92 Å². The van der Waals surface area contributed by atoms with Gasteiger partial charge in [-0.05, 0) is 24.3 Å². The zero-order valence-corrected chi connectivity index (χ0v) is 13.7. The molecule has 22 heavy (non-hydrogen) atoms. The van der Waals surface area contributed by atoms with E-state index in [1.54, 1.807) is 34.2 Å². The summed E-state index contributed by atoms with van der Waals surface area (Å²) in [6, 6.07) is 3.94. The Kier molecular flexibility index (Phi) is 4.31. The van der Waals surface area contributed by atoms with E-state index >= 15 is 0 Å². The Labute approximate surface area is 134 Å². The van der Waals surface area contributed by atoms with Crippen LogP contribution in [-0.2, 0) is 7.05 Å². The van der Waals surface area contributed by atoms with E-state index in [2.05, 4.69) is 5.10 Å². The van der Waals surface area contributed by atoms with Gasteiger partial charge in [-0.2, -0.15) is 5.10 Å². The van der Waals surface area contributed by atoms with Crippen LogP contribution in [0.5, 0.6) is 0 Å². The first-order valence-corrected chi connectivity index (χ1v) is 8.45. The maximum atomic E-state index is 12.8. The van der Waals surface area contributed by atoms with Gasteiger partial charge in [-0.15, -0.1) is 11.3 Å². The van der Waals surface area contributed by atoms with Crippen molar-refractivity contribution in [2.24, 2.45) is 13.0 Å². The van der Waals surface area contributed by atoms with Crippen LogP contribution in [-0.4, -0.2) is 45.4 Å². The number of aliphatic hydroxyl groups is 1. The second-order valence-electron chi connectivity index (χ2n) is 5.99. The summed E-state index contributed by atoms with van der Waals surface area (Å²) in [7, 11) is 3.63. The minimum absolute atomic E-state index is 0.0319. The zero-order chi connectivity index (χ0) is 15.7. The Morgan fingerprint density at radius 2 is 2.36 bits per heavy atom. The Hall–Kier alpha value is -1.66. The topological polar surface area (TPSA) is 58.4 Å². The van der Waals surface area contributed by atoms with Crippen LogP contribution in [0.25, 0.3) is 10.6 Å². The number of aliphatic hydroxyl groups excluding tert-OH is 1. The number of aryl methyl sites for hydroxylation is 1. The zero-order valence-electron chi connectivity index (χ0n) is 12.9. The molecular formula is C16H21N3O2S. The molecule has 1 aliphatic rings. The lowest BCUT2D eigenvalue weighted by atomic mass is 10.1. The highest BCUT2D eigenvalue weighted by atomic mass is 32.1. The standard InChI is InChI=1S/C16H21N3O2S/c1-18(9-11-5-3-6-13(11)20)16(21)12-10-19(2)17-15(12)14-7-4-8-22-14/h4,7-8,10-11,13,20H,3,5-6,9H2,1-2H3. The summed E-state index contributed by atoms with van der Waals surface area (Å²) in [5.41, 5.74) is 1.36. The number of rotatable bonds is 4. The highest BCUT2D eigenvalue weighted by molar-refractivity contribution is 7.13. The van der Waals surface area contributed by atoms with Gasteiger partial charge in [0.1, 0.15) is 5.69 Å². The first-order chi connectivity index (χ1) is 10.6. The Balaban J connectivity index is 1.80. The summed E-state index contributed by atoms with van der Waals surface area (Å²) in [4.78, 5) is 15.5. The molecule has 1 amide bonds. The SMILES string of the molecule is CN(CC1CCCC1O)C(=O)c1cn(C)nc1-c1cccs1. The Bertz CT molecular complexity index is 650. The Morgan fingerprint density at radius 1 is 1.55 bits per heavy atom. The van der Waals surface area contributed by atoms with E-state index in [1.165, 1.54) is 0 Å². The summed E-state index contributed by atoms with van der Waals surface area (Å²) >= 11 is 1.58. The van der Waals surface area contributed by atoms with Gasteiger partial charge in [0, 0.05) is 32.8 Å². The maximum absolute atomic E-state index is 12.8. The van der Waals surface area contributed by atoms with E-state index in [0.717, 1.165) is 29.8 Å². The van der Waals surface area contributed by atoms with Crippen LogP contribution < -0.4 is 0 Å². The molecule has 0 aliphatic heterocycles. The molecule has 118 valence electrons. The van der Waals surface area contributed by atoms with E-state index in [-0.39, 0.29) is 17.9 Å². The van der Waals surface area contributed by atoms with Crippen molar-refractivity contribution in [1.82, 2.24) is 14.7 Å². The average molecular weight is 319 g/mol. The predicted octanol–water partition coefficient (Wildman–Crippen LogP) is 2.38. The van der Waals surface area contributed by atoms with Crippen molar-refractivity contribution in [3.05, 3.63) is 29.3 Å². The molecule has 0 bridgehead atoms. The van der Waals surface area contributed by atoms with Crippen molar-refractivity contribution >= 4 is 17.2 Å².